The van der Waals surface area contributed by atoms with Crippen LogP contribution < -0.4 is 5.43 Å². The minimum Gasteiger partial charge on any atom is -0.495 e. The van der Waals surface area contributed by atoms with Gasteiger partial charge in [-0.1, -0.05) is 53.2 Å². The monoisotopic (exact) mass is 484 g/mol. The molecular weight excluding hydrogens is 444 g/mol. The molecule has 1 N–H and O–H groups in total. The predicted octanol–water partition coefficient (Wildman–Crippen LogP) is 5.10. The van der Waals surface area contributed by atoms with E-state index < -0.39 is 11.4 Å². The van der Waals surface area contributed by atoms with Gasteiger partial charge in [0.2, 0.25) is 0 Å². The maximum atomic E-state index is 12.7. The highest BCUT2D eigenvalue weighted by Crippen LogP contribution is 2.41. The van der Waals surface area contributed by atoms with Crippen LogP contribution in [0, 0.1) is 11.3 Å². The van der Waals surface area contributed by atoms with Gasteiger partial charge in [-0.05, 0) is 29.4 Å². The molecule has 0 amide bonds. The summed E-state index contributed by atoms with van der Waals surface area (Å²) in [6.45, 7) is 12.0. The molecule has 1 aromatic heterocycles. The van der Waals surface area contributed by atoms with Gasteiger partial charge < -0.3 is 24.0 Å². The summed E-state index contributed by atoms with van der Waals surface area (Å²) in [6, 6.07) is 1.48. The Hall–Kier alpha value is -2.80. The van der Waals surface area contributed by atoms with Crippen LogP contribution in [0.3, 0.4) is 0 Å². The lowest BCUT2D eigenvalue weighted by Crippen LogP contribution is -2.42. The molecule has 0 fully saturated rings. The zero-order valence-corrected chi connectivity index (χ0v) is 22.1. The van der Waals surface area contributed by atoms with E-state index in [2.05, 4.69) is 39.5 Å². The molecule has 7 nitrogen and oxygen atoms in total. The molecule has 3 rings (SSSR count). The fraction of sp³-hybridized carbons (Fsp3) is 0.571. The molecule has 0 saturated carbocycles. The molecule has 0 bridgehead atoms. The molecule has 1 aliphatic carbocycles. The third kappa shape index (κ3) is 6.07. The van der Waals surface area contributed by atoms with E-state index in [1.54, 1.807) is 7.11 Å². The average Bonchev–Trinajstić information content (AvgIpc) is 2.80. The lowest BCUT2D eigenvalue weighted by atomic mass is 9.83. The Morgan fingerprint density at radius 2 is 2.03 bits per heavy atom. The maximum Gasteiger partial charge on any atom is 0.341 e. The summed E-state index contributed by atoms with van der Waals surface area (Å²) < 4.78 is 13.8. The van der Waals surface area contributed by atoms with Gasteiger partial charge in [-0.3, -0.25) is 4.79 Å². The minimum absolute atomic E-state index is 0.00685. The standard InChI is InChI=1S/C28H40N2O5/c1-8-18(2)12-21(34-7)17-35-20-11-9-10-19(13-20)26-23-14-24(31)22(27(32)33)15-30(23)25(16-29(26)6)28(3,4)5/h9-11,14-15,18,21,25H,8,12-13,16-17H2,1-7H3,(H,32,33)/b26-19-. The first-order valence-corrected chi connectivity index (χ1v) is 12.4. The Kier molecular flexibility index (Phi) is 8.31. The van der Waals surface area contributed by atoms with Gasteiger partial charge in [0.15, 0.2) is 5.43 Å². The van der Waals surface area contributed by atoms with Crippen LogP contribution in [-0.4, -0.2) is 54.0 Å². The van der Waals surface area contributed by atoms with Crippen molar-refractivity contribution in [2.24, 2.45) is 11.3 Å². The molecule has 3 atom stereocenters. The van der Waals surface area contributed by atoms with E-state index in [1.165, 1.54) is 12.3 Å². The van der Waals surface area contributed by atoms with Crippen molar-refractivity contribution in [1.82, 2.24) is 9.47 Å². The number of nitrogens with zero attached hydrogens (tertiary/aromatic N) is 2. The van der Waals surface area contributed by atoms with Crippen molar-refractivity contribution < 1.29 is 19.4 Å². The first-order chi connectivity index (χ1) is 16.5. The van der Waals surface area contributed by atoms with E-state index in [0.29, 0.717) is 25.5 Å². The quantitative estimate of drug-likeness (QED) is 0.553. The largest absolute Gasteiger partial charge is 0.495 e. The highest BCUT2D eigenvalue weighted by atomic mass is 16.5. The fourth-order valence-electron chi connectivity index (χ4n) is 4.78. The molecule has 0 aromatic carbocycles. The molecular formula is C28H40N2O5. The van der Waals surface area contributed by atoms with Crippen molar-refractivity contribution in [2.45, 2.75) is 66.0 Å². The molecule has 3 unspecified atom stereocenters. The number of carboxylic acid groups (broad SMARTS) is 1. The number of allylic oxidation sites excluding steroid dienone is 4. The maximum absolute atomic E-state index is 12.7. The number of carboxylic acids is 1. The first-order valence-electron chi connectivity index (χ1n) is 12.4. The number of rotatable bonds is 8. The Labute approximate surface area is 208 Å². The summed E-state index contributed by atoms with van der Waals surface area (Å²) in [5.74, 6) is 0.217. The number of methoxy groups -OCH3 is 1. The molecule has 0 saturated heterocycles. The Morgan fingerprint density at radius 3 is 2.63 bits per heavy atom. The lowest BCUT2D eigenvalue weighted by Gasteiger charge is -2.44. The van der Waals surface area contributed by atoms with Crippen molar-refractivity contribution >= 4 is 11.7 Å². The van der Waals surface area contributed by atoms with Crippen molar-refractivity contribution in [2.75, 3.05) is 27.3 Å². The van der Waals surface area contributed by atoms with Crippen molar-refractivity contribution in [3.63, 3.8) is 0 Å². The van der Waals surface area contributed by atoms with Crippen LogP contribution >= 0.6 is 0 Å². The van der Waals surface area contributed by atoms with Gasteiger partial charge in [0, 0.05) is 39.4 Å². The number of likely N-dealkylation sites (N-methyl/N-ethyl adjacent to an activating group) is 1. The van der Waals surface area contributed by atoms with Crippen molar-refractivity contribution in [3.05, 3.63) is 63.3 Å². The molecule has 35 heavy (non-hydrogen) atoms. The molecule has 192 valence electrons. The summed E-state index contributed by atoms with van der Waals surface area (Å²) in [7, 11) is 3.75. The van der Waals surface area contributed by atoms with Crippen LogP contribution in [0.25, 0.3) is 5.70 Å². The first kappa shape index (κ1) is 26.8. The van der Waals surface area contributed by atoms with Crippen LogP contribution in [0.1, 0.15) is 76.0 Å². The second-order valence-electron chi connectivity index (χ2n) is 10.9. The van der Waals surface area contributed by atoms with E-state index in [9.17, 15) is 14.7 Å². The van der Waals surface area contributed by atoms with E-state index >= 15 is 0 Å². The highest BCUT2D eigenvalue weighted by Gasteiger charge is 2.36. The number of carbonyl (C=O) groups is 1. The summed E-state index contributed by atoms with van der Waals surface area (Å²) >= 11 is 0. The predicted molar refractivity (Wildman–Crippen MR) is 138 cm³/mol. The Bertz CT molecular complexity index is 1090. The molecule has 1 aliphatic heterocycles. The molecule has 2 aliphatic rings. The second kappa shape index (κ2) is 10.9. The van der Waals surface area contributed by atoms with Crippen molar-refractivity contribution in [3.8, 4) is 0 Å². The summed E-state index contributed by atoms with van der Waals surface area (Å²) in [6.07, 6.45) is 10.2. The van der Waals surface area contributed by atoms with Gasteiger partial charge in [-0.15, -0.1) is 0 Å². The summed E-state index contributed by atoms with van der Waals surface area (Å²) in [5, 5.41) is 9.57. The summed E-state index contributed by atoms with van der Waals surface area (Å²) in [4.78, 5) is 26.6. The van der Waals surface area contributed by atoms with Crippen LogP contribution in [0.2, 0.25) is 0 Å². The molecule has 0 radical (unpaired) electrons. The van der Waals surface area contributed by atoms with Gasteiger partial charge in [0.1, 0.15) is 17.9 Å². The topological polar surface area (TPSA) is 81.0 Å². The zero-order valence-electron chi connectivity index (χ0n) is 22.1. The molecule has 2 heterocycles. The van der Waals surface area contributed by atoms with E-state index in [4.69, 9.17) is 9.47 Å². The number of hydrogen-bond donors (Lipinski definition) is 1. The molecule has 7 heteroatoms. The number of ether oxygens (including phenoxy) is 2. The van der Waals surface area contributed by atoms with Gasteiger partial charge in [-0.25, -0.2) is 4.79 Å². The molecule has 1 aromatic rings. The normalized spacial score (nSPS) is 21.9. The van der Waals surface area contributed by atoms with Crippen LogP contribution in [0.15, 0.2) is 46.6 Å². The SMILES string of the molecule is CCC(C)CC(COC1=CC=C/C(=C2\c3cc(=O)c(C(=O)O)cn3C(C(C)(C)C)CN2C)C1)OC. The van der Waals surface area contributed by atoms with Crippen molar-refractivity contribution in [1.29, 1.82) is 0 Å². The van der Waals surface area contributed by atoms with Crippen LogP contribution in [0.4, 0.5) is 0 Å². The van der Waals surface area contributed by atoms with Gasteiger partial charge in [0.05, 0.1) is 23.5 Å². The average molecular weight is 485 g/mol. The third-order valence-electron chi connectivity index (χ3n) is 7.12. The number of aromatic nitrogens is 1. The zero-order chi connectivity index (χ0) is 25.9. The number of hydrogen-bond acceptors (Lipinski definition) is 5. The highest BCUT2D eigenvalue weighted by molar-refractivity contribution is 5.87. The van der Waals surface area contributed by atoms with E-state index in [-0.39, 0.29) is 23.1 Å². The summed E-state index contributed by atoms with van der Waals surface area (Å²) in [5.41, 5.74) is 1.88. The number of aromatic carboxylic acids is 1. The lowest BCUT2D eigenvalue weighted by molar-refractivity contribution is 0.0183. The van der Waals surface area contributed by atoms with E-state index in [0.717, 1.165) is 35.6 Å². The third-order valence-corrected chi connectivity index (χ3v) is 7.12. The van der Waals surface area contributed by atoms with E-state index in [1.807, 2.05) is 29.8 Å². The van der Waals surface area contributed by atoms with Crippen LogP contribution in [-0.2, 0) is 9.47 Å². The van der Waals surface area contributed by atoms with Gasteiger partial charge in [0.25, 0.3) is 0 Å². The minimum atomic E-state index is -1.20. The smallest absolute Gasteiger partial charge is 0.341 e. The van der Waals surface area contributed by atoms with Crippen LogP contribution in [0.5, 0.6) is 0 Å². The van der Waals surface area contributed by atoms with Gasteiger partial charge >= 0.3 is 5.97 Å². The number of fused-ring (bicyclic) bond motifs is 1. The second-order valence-corrected chi connectivity index (χ2v) is 10.9. The van der Waals surface area contributed by atoms with Gasteiger partial charge in [-0.2, -0.15) is 0 Å². The fourth-order valence-corrected chi connectivity index (χ4v) is 4.78. The number of pyridine rings is 1. The Morgan fingerprint density at radius 1 is 1.31 bits per heavy atom. The molecule has 0 spiro atoms. The Balaban J connectivity index is 1.96.